The fourth-order valence-electron chi connectivity index (χ4n) is 2.93. The molecule has 1 aromatic carbocycles. The lowest BCUT2D eigenvalue weighted by molar-refractivity contribution is 0.0524. The molecule has 1 fully saturated rings. The molecule has 0 unspecified atom stereocenters. The summed E-state index contributed by atoms with van der Waals surface area (Å²) in [5, 5.41) is 0. The lowest BCUT2D eigenvalue weighted by Gasteiger charge is -2.39. The molecule has 0 radical (unpaired) electrons. The van der Waals surface area contributed by atoms with Crippen LogP contribution in [-0.2, 0) is 11.3 Å². The van der Waals surface area contributed by atoms with Gasteiger partial charge in [-0.15, -0.1) is 0 Å². The molecule has 114 valence electrons. The molecule has 0 saturated carbocycles. The summed E-state index contributed by atoms with van der Waals surface area (Å²) in [5.74, 6) is 0.814. The van der Waals surface area contributed by atoms with Gasteiger partial charge in [-0.2, -0.15) is 0 Å². The van der Waals surface area contributed by atoms with Crippen LogP contribution in [0.2, 0.25) is 0 Å². The van der Waals surface area contributed by atoms with Crippen LogP contribution in [0.25, 0.3) is 11.1 Å². The number of oxazole rings is 1. The highest BCUT2D eigenvalue weighted by molar-refractivity contribution is 5.72. The van der Waals surface area contributed by atoms with E-state index in [2.05, 4.69) is 21.7 Å². The number of hydrogen-bond acceptors (Lipinski definition) is 5. The highest BCUT2D eigenvalue weighted by atomic mass is 16.5. The summed E-state index contributed by atoms with van der Waals surface area (Å²) in [5.41, 5.74) is 1.82. The van der Waals surface area contributed by atoms with Gasteiger partial charge in [-0.05, 0) is 19.1 Å². The maximum absolute atomic E-state index is 5.81. The third-order valence-corrected chi connectivity index (χ3v) is 4.13. The van der Waals surface area contributed by atoms with E-state index in [0.29, 0.717) is 6.04 Å². The first kappa shape index (κ1) is 14.5. The number of fused-ring (bicyclic) bond motifs is 1. The van der Waals surface area contributed by atoms with Crippen LogP contribution in [0, 0.1) is 0 Å². The highest BCUT2D eigenvalue weighted by Gasteiger charge is 2.24. The Balaban J connectivity index is 1.59. The smallest absolute Gasteiger partial charge is 0.209 e. The molecule has 5 nitrogen and oxygen atoms in total. The first-order chi connectivity index (χ1) is 10.3. The minimum Gasteiger partial charge on any atom is -0.439 e. The Kier molecular flexibility index (Phi) is 4.53. The zero-order chi connectivity index (χ0) is 14.7. The van der Waals surface area contributed by atoms with Crippen molar-refractivity contribution in [1.29, 1.82) is 0 Å². The Morgan fingerprint density at radius 1 is 1.33 bits per heavy atom. The second-order valence-electron chi connectivity index (χ2n) is 5.69. The van der Waals surface area contributed by atoms with E-state index in [-0.39, 0.29) is 0 Å². The molecule has 0 spiro atoms. The van der Waals surface area contributed by atoms with Crippen LogP contribution in [0.5, 0.6) is 0 Å². The van der Waals surface area contributed by atoms with Gasteiger partial charge >= 0.3 is 0 Å². The molecule has 1 aliphatic rings. The van der Waals surface area contributed by atoms with Crippen LogP contribution >= 0.6 is 0 Å². The average Bonchev–Trinajstić information content (AvgIpc) is 2.88. The Morgan fingerprint density at radius 3 is 2.95 bits per heavy atom. The van der Waals surface area contributed by atoms with Crippen LogP contribution in [0.15, 0.2) is 28.7 Å². The number of methoxy groups -OCH3 is 1. The summed E-state index contributed by atoms with van der Waals surface area (Å²) in [6, 6.07) is 8.47. The average molecular weight is 289 g/mol. The van der Waals surface area contributed by atoms with Crippen molar-refractivity contribution in [2.75, 3.05) is 39.9 Å². The second-order valence-corrected chi connectivity index (χ2v) is 5.69. The number of nitrogens with zero attached hydrogens (tertiary/aromatic N) is 3. The normalized spacial score (nSPS) is 21.1. The van der Waals surface area contributed by atoms with Crippen molar-refractivity contribution in [2.45, 2.75) is 19.5 Å². The van der Waals surface area contributed by atoms with Crippen LogP contribution in [0.4, 0.5) is 0 Å². The molecular formula is C16H23N3O2. The van der Waals surface area contributed by atoms with Gasteiger partial charge in [0.05, 0.1) is 13.2 Å². The summed E-state index contributed by atoms with van der Waals surface area (Å²) < 4.78 is 11.0. The quantitative estimate of drug-likeness (QED) is 0.842. The third kappa shape index (κ3) is 3.43. The molecule has 1 aliphatic heterocycles. The van der Waals surface area contributed by atoms with Crippen LogP contribution in [0.3, 0.4) is 0 Å². The predicted molar refractivity (Wildman–Crippen MR) is 82.2 cm³/mol. The van der Waals surface area contributed by atoms with E-state index in [1.807, 2.05) is 24.3 Å². The van der Waals surface area contributed by atoms with Crippen molar-refractivity contribution in [3.8, 4) is 0 Å². The van der Waals surface area contributed by atoms with Crippen molar-refractivity contribution in [2.24, 2.45) is 0 Å². The summed E-state index contributed by atoms with van der Waals surface area (Å²) in [6.07, 6.45) is 0. The molecule has 1 aromatic heterocycles. The van der Waals surface area contributed by atoms with Crippen molar-refractivity contribution in [3.05, 3.63) is 30.2 Å². The fourth-order valence-corrected chi connectivity index (χ4v) is 2.93. The molecule has 0 aliphatic carbocycles. The van der Waals surface area contributed by atoms with Crippen LogP contribution < -0.4 is 0 Å². The highest BCUT2D eigenvalue weighted by Crippen LogP contribution is 2.17. The number of aromatic nitrogens is 1. The predicted octanol–water partition coefficient (Wildman–Crippen LogP) is 1.98. The Labute approximate surface area is 125 Å². The summed E-state index contributed by atoms with van der Waals surface area (Å²) in [6.45, 7) is 8.04. The molecule has 0 N–H and O–H groups in total. The van der Waals surface area contributed by atoms with E-state index in [4.69, 9.17) is 9.15 Å². The standard InChI is InChI=1S/C16H23N3O2/c1-13-11-18(7-8-19(13)9-10-20-2)12-16-17-14-5-3-4-6-15(14)21-16/h3-6,13H,7-12H2,1-2H3/t13-/m0/s1. The maximum Gasteiger partial charge on any atom is 0.209 e. The number of ether oxygens (including phenoxy) is 1. The number of piperazine rings is 1. The molecule has 5 heteroatoms. The molecule has 0 bridgehead atoms. The molecule has 2 heterocycles. The molecule has 2 aromatic rings. The molecule has 1 saturated heterocycles. The van der Waals surface area contributed by atoms with Gasteiger partial charge in [0.1, 0.15) is 5.52 Å². The van der Waals surface area contributed by atoms with Crippen molar-refractivity contribution in [3.63, 3.8) is 0 Å². The number of rotatable bonds is 5. The van der Waals surface area contributed by atoms with Gasteiger partial charge < -0.3 is 9.15 Å². The zero-order valence-electron chi connectivity index (χ0n) is 12.8. The lowest BCUT2D eigenvalue weighted by atomic mass is 10.2. The Morgan fingerprint density at radius 2 is 2.19 bits per heavy atom. The summed E-state index contributed by atoms with van der Waals surface area (Å²) >= 11 is 0. The van der Waals surface area contributed by atoms with Crippen LogP contribution in [-0.4, -0.2) is 60.7 Å². The maximum atomic E-state index is 5.81. The van der Waals surface area contributed by atoms with E-state index < -0.39 is 0 Å². The Bertz CT molecular complexity index is 551. The van der Waals surface area contributed by atoms with Crippen LogP contribution in [0.1, 0.15) is 12.8 Å². The minimum atomic E-state index is 0.540. The number of hydrogen-bond donors (Lipinski definition) is 0. The number of para-hydroxylation sites is 2. The first-order valence-electron chi connectivity index (χ1n) is 7.56. The molecular weight excluding hydrogens is 266 g/mol. The van der Waals surface area contributed by atoms with Gasteiger partial charge in [-0.3, -0.25) is 9.80 Å². The van der Waals surface area contributed by atoms with Gasteiger partial charge in [-0.25, -0.2) is 4.98 Å². The van der Waals surface area contributed by atoms with Gasteiger partial charge in [-0.1, -0.05) is 12.1 Å². The molecule has 0 amide bonds. The monoisotopic (exact) mass is 289 g/mol. The second kappa shape index (κ2) is 6.56. The Hall–Kier alpha value is -1.43. The van der Waals surface area contributed by atoms with E-state index in [9.17, 15) is 0 Å². The van der Waals surface area contributed by atoms with Crippen molar-refractivity contribution in [1.82, 2.24) is 14.8 Å². The lowest BCUT2D eigenvalue weighted by Crippen LogP contribution is -2.52. The number of benzene rings is 1. The molecule has 3 rings (SSSR count). The van der Waals surface area contributed by atoms with E-state index in [0.717, 1.165) is 56.3 Å². The summed E-state index contributed by atoms with van der Waals surface area (Å²) in [7, 11) is 1.76. The summed E-state index contributed by atoms with van der Waals surface area (Å²) in [4.78, 5) is 9.45. The fraction of sp³-hybridized carbons (Fsp3) is 0.562. The zero-order valence-corrected chi connectivity index (χ0v) is 12.8. The SMILES string of the molecule is COCCN1CCN(Cc2nc3ccccc3o2)C[C@@H]1C. The van der Waals surface area contributed by atoms with E-state index in [1.54, 1.807) is 7.11 Å². The minimum absolute atomic E-state index is 0.540. The van der Waals surface area contributed by atoms with Gasteiger partial charge in [0, 0.05) is 39.3 Å². The van der Waals surface area contributed by atoms with Gasteiger partial charge in [0.2, 0.25) is 5.89 Å². The molecule has 1 atom stereocenters. The van der Waals surface area contributed by atoms with Gasteiger partial charge in [0.25, 0.3) is 0 Å². The molecule has 21 heavy (non-hydrogen) atoms. The van der Waals surface area contributed by atoms with E-state index >= 15 is 0 Å². The first-order valence-corrected chi connectivity index (χ1v) is 7.56. The topological polar surface area (TPSA) is 41.7 Å². The third-order valence-electron chi connectivity index (χ3n) is 4.13. The largest absolute Gasteiger partial charge is 0.439 e. The van der Waals surface area contributed by atoms with Crippen molar-refractivity contribution < 1.29 is 9.15 Å². The van der Waals surface area contributed by atoms with E-state index in [1.165, 1.54) is 0 Å². The van der Waals surface area contributed by atoms with Crippen molar-refractivity contribution >= 4 is 11.1 Å². The van der Waals surface area contributed by atoms with Gasteiger partial charge in [0.15, 0.2) is 5.58 Å².